The molecule has 0 aliphatic heterocycles. The molecule has 0 saturated heterocycles. The number of aliphatic hydroxyl groups is 1. The van der Waals surface area contributed by atoms with E-state index in [-0.39, 0.29) is 17.9 Å². The van der Waals surface area contributed by atoms with Crippen molar-refractivity contribution >= 4 is 34.3 Å². The third kappa shape index (κ3) is 4.02. The molecule has 9 heteroatoms. The van der Waals surface area contributed by atoms with Crippen molar-refractivity contribution in [3.8, 4) is 0 Å². The fourth-order valence-electron chi connectivity index (χ4n) is 3.71. The first kappa shape index (κ1) is 19.9. The maximum absolute atomic E-state index is 10.2. The Morgan fingerprint density at radius 1 is 1.48 bits per heavy atom. The Morgan fingerprint density at radius 2 is 2.22 bits per heavy atom. The monoisotopic (exact) mass is 395 g/mol. The molecule has 3 N–H and O–H groups in total. The first-order valence-corrected chi connectivity index (χ1v) is 9.42. The summed E-state index contributed by atoms with van der Waals surface area (Å²) >= 11 is 6.22. The Kier molecular flexibility index (Phi) is 5.60. The third-order valence-corrected chi connectivity index (χ3v) is 4.95. The van der Waals surface area contributed by atoms with Gasteiger partial charge in [-0.15, -0.1) is 0 Å². The third-order valence-electron chi connectivity index (χ3n) is 4.75. The Hall–Kier alpha value is -1.90. The predicted molar refractivity (Wildman–Crippen MR) is 104 cm³/mol. The van der Waals surface area contributed by atoms with Crippen LogP contribution < -0.4 is 5.32 Å². The molecule has 148 valence electrons. The van der Waals surface area contributed by atoms with Gasteiger partial charge in [-0.1, -0.05) is 11.6 Å². The lowest BCUT2D eigenvalue weighted by Gasteiger charge is -2.31. The van der Waals surface area contributed by atoms with E-state index in [4.69, 9.17) is 26.5 Å². The number of halogens is 1. The van der Waals surface area contributed by atoms with Crippen molar-refractivity contribution in [1.82, 2.24) is 14.5 Å². The maximum Gasteiger partial charge on any atom is 0.185 e. The average molecular weight is 396 g/mol. The summed E-state index contributed by atoms with van der Waals surface area (Å²) in [5, 5.41) is 22.0. The minimum atomic E-state index is -1.34. The van der Waals surface area contributed by atoms with Gasteiger partial charge in [-0.2, -0.15) is 0 Å². The molecule has 1 saturated carbocycles. The molecule has 2 heterocycles. The Labute approximate surface area is 163 Å². The average Bonchev–Trinajstić information content (AvgIpc) is 3.17. The van der Waals surface area contributed by atoms with Crippen LogP contribution >= 0.6 is 11.6 Å². The molecule has 8 nitrogen and oxygen atoms in total. The molecular formula is C18H26ClN5O3. The minimum absolute atomic E-state index is 0.149. The second-order valence-electron chi connectivity index (χ2n) is 7.20. The van der Waals surface area contributed by atoms with Crippen LogP contribution in [0.5, 0.6) is 0 Å². The van der Waals surface area contributed by atoms with Crippen molar-refractivity contribution in [2.75, 3.05) is 19.0 Å². The molecule has 2 aromatic rings. The molecule has 0 radical (unpaired) electrons. The molecule has 1 aliphatic rings. The van der Waals surface area contributed by atoms with Gasteiger partial charge in [0.1, 0.15) is 10.7 Å². The van der Waals surface area contributed by atoms with E-state index < -0.39 is 11.9 Å². The van der Waals surface area contributed by atoms with Gasteiger partial charge < -0.3 is 24.5 Å². The number of nitrogens with one attached hydrogen (secondary N) is 2. The van der Waals surface area contributed by atoms with Crippen LogP contribution in [-0.4, -0.2) is 51.1 Å². The van der Waals surface area contributed by atoms with Gasteiger partial charge in [0.2, 0.25) is 0 Å². The van der Waals surface area contributed by atoms with Crippen LogP contribution in [0.4, 0.5) is 5.69 Å². The highest BCUT2D eigenvalue weighted by atomic mass is 35.5. The van der Waals surface area contributed by atoms with Crippen LogP contribution in [0.1, 0.15) is 39.7 Å². The van der Waals surface area contributed by atoms with E-state index in [1.54, 1.807) is 26.2 Å². The molecule has 1 fully saturated rings. The summed E-state index contributed by atoms with van der Waals surface area (Å²) in [5.74, 6) is -1.44. The minimum Gasteiger partial charge on any atom is -0.484 e. The van der Waals surface area contributed by atoms with E-state index in [1.165, 1.54) is 7.11 Å². The maximum atomic E-state index is 10.2. The molecule has 3 rings (SSSR count). The summed E-state index contributed by atoms with van der Waals surface area (Å²) in [7, 11) is 1.48. The lowest BCUT2D eigenvalue weighted by Crippen LogP contribution is -2.39. The molecule has 0 spiro atoms. The summed E-state index contributed by atoms with van der Waals surface area (Å²) in [5.41, 5.74) is 2.20. The van der Waals surface area contributed by atoms with Gasteiger partial charge in [0.15, 0.2) is 17.3 Å². The van der Waals surface area contributed by atoms with Crippen molar-refractivity contribution in [3.63, 3.8) is 0 Å². The van der Waals surface area contributed by atoms with Crippen molar-refractivity contribution in [1.29, 1.82) is 5.41 Å². The van der Waals surface area contributed by atoms with Crippen LogP contribution in [-0.2, 0) is 9.47 Å². The number of methoxy groups -OCH3 is 1. The first-order valence-electron chi connectivity index (χ1n) is 9.04. The summed E-state index contributed by atoms with van der Waals surface area (Å²) in [6.45, 7) is 5.91. The van der Waals surface area contributed by atoms with Gasteiger partial charge in [0, 0.05) is 12.6 Å². The summed E-state index contributed by atoms with van der Waals surface area (Å²) in [6.07, 6.45) is 2.73. The van der Waals surface area contributed by atoms with E-state index in [2.05, 4.69) is 15.3 Å². The molecule has 1 aliphatic carbocycles. The van der Waals surface area contributed by atoms with Crippen molar-refractivity contribution in [3.05, 3.63) is 17.5 Å². The van der Waals surface area contributed by atoms with Crippen LogP contribution in [0, 0.1) is 11.3 Å². The number of hydrogen-bond donors (Lipinski definition) is 3. The Bertz CT molecular complexity index is 832. The van der Waals surface area contributed by atoms with Gasteiger partial charge in [0.05, 0.1) is 37.2 Å². The van der Waals surface area contributed by atoms with E-state index in [9.17, 15) is 5.11 Å². The zero-order chi connectivity index (χ0) is 19.8. The van der Waals surface area contributed by atoms with Gasteiger partial charge in [-0.25, -0.2) is 9.97 Å². The number of aromatic nitrogens is 3. The van der Waals surface area contributed by atoms with E-state index in [1.807, 2.05) is 11.5 Å². The molecular weight excluding hydrogens is 370 g/mol. The van der Waals surface area contributed by atoms with Crippen molar-refractivity contribution in [2.45, 2.75) is 51.5 Å². The fraction of sp³-hybridized carbons (Fsp3) is 0.611. The quantitative estimate of drug-likeness (QED) is 0.300. The molecule has 0 aromatic carbocycles. The molecule has 2 aromatic heterocycles. The van der Waals surface area contributed by atoms with Crippen LogP contribution in [0.15, 0.2) is 12.4 Å². The van der Waals surface area contributed by atoms with E-state index in [0.29, 0.717) is 17.2 Å². The summed E-state index contributed by atoms with van der Waals surface area (Å²) < 4.78 is 13.0. The lowest BCUT2D eigenvalue weighted by molar-refractivity contribution is -0.215. The van der Waals surface area contributed by atoms with Crippen LogP contribution in [0.3, 0.4) is 0 Å². The highest BCUT2D eigenvalue weighted by Crippen LogP contribution is 2.41. The SMILES string of the molecule is CCNc1cc(Cl)nc2c1ncn2C1CCC(C(=N)OC)[C@@H]1OC(C)(C)O. The van der Waals surface area contributed by atoms with Crippen molar-refractivity contribution in [2.24, 2.45) is 5.92 Å². The second kappa shape index (κ2) is 7.61. The molecule has 27 heavy (non-hydrogen) atoms. The lowest BCUT2D eigenvalue weighted by atomic mass is 10.0. The van der Waals surface area contributed by atoms with Crippen LogP contribution in [0.2, 0.25) is 5.15 Å². The Balaban J connectivity index is 2.04. The van der Waals surface area contributed by atoms with Crippen LogP contribution in [0.25, 0.3) is 11.2 Å². The van der Waals surface area contributed by atoms with Gasteiger partial charge in [0.25, 0.3) is 0 Å². The first-order chi connectivity index (χ1) is 12.7. The van der Waals surface area contributed by atoms with E-state index in [0.717, 1.165) is 24.2 Å². The largest absolute Gasteiger partial charge is 0.484 e. The smallest absolute Gasteiger partial charge is 0.185 e. The van der Waals surface area contributed by atoms with E-state index >= 15 is 0 Å². The zero-order valence-corrected chi connectivity index (χ0v) is 16.7. The van der Waals surface area contributed by atoms with Crippen molar-refractivity contribution < 1.29 is 14.6 Å². The normalized spacial score (nSPS) is 23.0. The zero-order valence-electron chi connectivity index (χ0n) is 16.0. The Morgan fingerprint density at radius 3 is 2.85 bits per heavy atom. The number of hydrogen-bond acceptors (Lipinski definition) is 7. The molecule has 0 bridgehead atoms. The van der Waals surface area contributed by atoms with Gasteiger partial charge >= 0.3 is 0 Å². The highest BCUT2D eigenvalue weighted by Gasteiger charge is 2.44. The fourth-order valence-corrected chi connectivity index (χ4v) is 3.90. The number of ether oxygens (including phenoxy) is 2. The number of nitrogens with zero attached hydrogens (tertiary/aromatic N) is 3. The standard InChI is InChI=1S/C18H26ClN5O3/c1-5-21-11-8-13(19)23-17-14(11)22-9-24(17)12-7-6-10(16(20)26-4)15(12)27-18(2,3)25/h8-10,12,15,20,25H,5-7H2,1-4H3,(H,21,23)/t10?,12?,15-/m0/s1. The number of pyridine rings is 1. The topological polar surface area (TPSA) is 105 Å². The second-order valence-corrected chi connectivity index (χ2v) is 7.58. The number of rotatable bonds is 6. The summed E-state index contributed by atoms with van der Waals surface area (Å²) in [4.78, 5) is 8.99. The highest BCUT2D eigenvalue weighted by molar-refractivity contribution is 6.30. The number of anilines is 1. The predicted octanol–water partition coefficient (Wildman–Crippen LogP) is 3.20. The summed E-state index contributed by atoms with van der Waals surface area (Å²) in [6, 6.07) is 1.61. The molecule has 0 amide bonds. The molecule has 3 atom stereocenters. The molecule has 2 unspecified atom stereocenters. The number of imidazole rings is 1. The number of fused-ring (bicyclic) bond motifs is 1. The van der Waals surface area contributed by atoms with Gasteiger partial charge in [-0.3, -0.25) is 5.41 Å². The van der Waals surface area contributed by atoms with Gasteiger partial charge in [-0.05, 0) is 33.6 Å².